The molecular formula is C14H14F3N3O3. The molecule has 0 atom stereocenters. The van der Waals surface area contributed by atoms with E-state index in [1.165, 1.54) is 18.3 Å². The van der Waals surface area contributed by atoms with Gasteiger partial charge >= 0.3 is 5.97 Å². The zero-order valence-electron chi connectivity index (χ0n) is 12.2. The molecule has 2 heterocycles. The smallest absolute Gasteiger partial charge is 0.341 e. The van der Waals surface area contributed by atoms with Crippen LogP contribution in [0.15, 0.2) is 24.5 Å². The van der Waals surface area contributed by atoms with Gasteiger partial charge in [-0.1, -0.05) is 0 Å². The van der Waals surface area contributed by atoms with Gasteiger partial charge in [-0.05, 0) is 13.0 Å². The fourth-order valence-electron chi connectivity index (χ4n) is 1.79. The van der Waals surface area contributed by atoms with Gasteiger partial charge in [0.25, 0.3) is 6.43 Å². The van der Waals surface area contributed by atoms with E-state index in [1.54, 1.807) is 6.92 Å². The molecule has 0 fully saturated rings. The van der Waals surface area contributed by atoms with Crippen LogP contribution in [0.3, 0.4) is 0 Å². The maximum absolute atomic E-state index is 12.9. The molecule has 0 amide bonds. The molecule has 0 N–H and O–H groups in total. The van der Waals surface area contributed by atoms with E-state index in [0.717, 1.165) is 10.9 Å². The van der Waals surface area contributed by atoms with E-state index in [1.807, 2.05) is 0 Å². The first-order valence-corrected chi connectivity index (χ1v) is 6.71. The van der Waals surface area contributed by atoms with Gasteiger partial charge in [0, 0.05) is 17.8 Å². The molecule has 0 aliphatic carbocycles. The van der Waals surface area contributed by atoms with E-state index in [4.69, 9.17) is 9.47 Å². The highest BCUT2D eigenvalue weighted by atomic mass is 19.3. The minimum absolute atomic E-state index is 0.0656. The number of aromatic nitrogens is 3. The Balaban J connectivity index is 2.12. The van der Waals surface area contributed by atoms with Gasteiger partial charge in [0.15, 0.2) is 6.80 Å². The van der Waals surface area contributed by atoms with Crippen molar-refractivity contribution in [2.24, 2.45) is 0 Å². The molecule has 0 aromatic carbocycles. The number of rotatable bonds is 7. The van der Waals surface area contributed by atoms with E-state index in [2.05, 4.69) is 10.1 Å². The average molecular weight is 329 g/mol. The largest absolute Gasteiger partial charge is 0.471 e. The number of pyridine rings is 1. The summed E-state index contributed by atoms with van der Waals surface area (Å²) in [5.41, 5.74) is 0.0118. The van der Waals surface area contributed by atoms with E-state index in [-0.39, 0.29) is 35.9 Å². The number of alkyl halides is 3. The molecule has 0 bridgehead atoms. The van der Waals surface area contributed by atoms with Gasteiger partial charge in [-0.15, -0.1) is 0 Å². The average Bonchev–Trinajstić information content (AvgIpc) is 2.96. The maximum Gasteiger partial charge on any atom is 0.341 e. The fraction of sp³-hybridized carbons (Fsp3) is 0.357. The number of hydrogen-bond donors (Lipinski definition) is 0. The lowest BCUT2D eigenvalue weighted by Crippen LogP contribution is -2.12. The lowest BCUT2D eigenvalue weighted by molar-refractivity contribution is 0.0522. The van der Waals surface area contributed by atoms with Crippen molar-refractivity contribution in [1.29, 1.82) is 0 Å². The molecule has 0 spiro atoms. The first kappa shape index (κ1) is 16.8. The van der Waals surface area contributed by atoms with Crippen LogP contribution in [0.4, 0.5) is 13.2 Å². The topological polar surface area (TPSA) is 66.2 Å². The minimum atomic E-state index is -2.63. The summed E-state index contributed by atoms with van der Waals surface area (Å²) in [6, 6.07) is 2.44. The van der Waals surface area contributed by atoms with Gasteiger partial charge < -0.3 is 9.47 Å². The third-order valence-corrected chi connectivity index (χ3v) is 2.93. The van der Waals surface area contributed by atoms with Crippen LogP contribution in [-0.2, 0) is 18.1 Å². The monoisotopic (exact) mass is 329 g/mol. The first-order valence-electron chi connectivity index (χ1n) is 6.71. The van der Waals surface area contributed by atoms with Crippen molar-refractivity contribution >= 4 is 5.97 Å². The molecule has 0 saturated carbocycles. The van der Waals surface area contributed by atoms with Crippen molar-refractivity contribution in [2.75, 3.05) is 6.61 Å². The summed E-state index contributed by atoms with van der Waals surface area (Å²) in [7, 11) is 0. The van der Waals surface area contributed by atoms with Gasteiger partial charge in [-0.2, -0.15) is 5.10 Å². The Morgan fingerprint density at radius 2 is 2.13 bits per heavy atom. The number of hydrogen-bond acceptors (Lipinski definition) is 5. The fourth-order valence-corrected chi connectivity index (χ4v) is 1.79. The lowest BCUT2D eigenvalue weighted by atomic mass is 10.2. The number of carbonyl (C=O) groups is 1. The van der Waals surface area contributed by atoms with Gasteiger partial charge in [0.1, 0.15) is 12.2 Å². The summed E-state index contributed by atoms with van der Waals surface area (Å²) in [5, 5.41) is 3.73. The Kier molecular flexibility index (Phi) is 5.56. The highest BCUT2D eigenvalue weighted by Crippen LogP contribution is 2.20. The summed E-state index contributed by atoms with van der Waals surface area (Å²) < 4.78 is 48.9. The standard InChI is InChI=1S/C14H14F3N3O3/c1-2-22-14(21)10-6-19-20(8-15)11(10)7-23-12-4-3-9(5-18-12)13(16)17/h3-6,13H,2,7-8H2,1H3. The molecular weight excluding hydrogens is 315 g/mol. The second-order valence-electron chi connectivity index (χ2n) is 4.36. The quantitative estimate of drug-likeness (QED) is 0.731. The number of nitrogens with zero attached hydrogens (tertiary/aromatic N) is 3. The molecule has 2 rings (SSSR count). The van der Waals surface area contributed by atoms with Crippen LogP contribution in [0.1, 0.15) is 35.0 Å². The van der Waals surface area contributed by atoms with E-state index in [0.29, 0.717) is 0 Å². The lowest BCUT2D eigenvalue weighted by Gasteiger charge is -2.09. The second-order valence-corrected chi connectivity index (χ2v) is 4.36. The number of carbonyl (C=O) groups excluding carboxylic acids is 1. The van der Waals surface area contributed by atoms with E-state index >= 15 is 0 Å². The molecule has 0 saturated heterocycles. The summed E-state index contributed by atoms with van der Waals surface area (Å²) in [4.78, 5) is 15.5. The van der Waals surface area contributed by atoms with Gasteiger partial charge in [-0.3, -0.25) is 0 Å². The van der Waals surface area contributed by atoms with Gasteiger partial charge in [-0.25, -0.2) is 27.6 Å². The van der Waals surface area contributed by atoms with Crippen LogP contribution >= 0.6 is 0 Å². The van der Waals surface area contributed by atoms with Crippen molar-refractivity contribution in [3.8, 4) is 5.88 Å². The molecule has 6 nitrogen and oxygen atoms in total. The minimum Gasteiger partial charge on any atom is -0.471 e. The second kappa shape index (κ2) is 7.61. The molecule has 2 aromatic heterocycles. The van der Waals surface area contributed by atoms with Crippen LogP contribution in [0.5, 0.6) is 5.88 Å². The molecule has 9 heteroatoms. The maximum atomic E-state index is 12.9. The van der Waals surface area contributed by atoms with Crippen LogP contribution in [0.25, 0.3) is 0 Å². The summed E-state index contributed by atoms with van der Waals surface area (Å²) in [6.45, 7) is 0.646. The van der Waals surface area contributed by atoms with Crippen LogP contribution in [-0.4, -0.2) is 27.3 Å². The predicted octanol–water partition coefficient (Wildman–Crippen LogP) is 2.90. The first-order chi connectivity index (χ1) is 11.1. The number of ether oxygens (including phenoxy) is 2. The molecule has 23 heavy (non-hydrogen) atoms. The Hall–Kier alpha value is -2.58. The molecule has 124 valence electrons. The third kappa shape index (κ3) is 3.99. The summed E-state index contributed by atoms with van der Waals surface area (Å²) in [5.74, 6) is -0.581. The highest BCUT2D eigenvalue weighted by Gasteiger charge is 2.19. The van der Waals surface area contributed by atoms with Crippen molar-refractivity contribution in [3.05, 3.63) is 41.3 Å². The van der Waals surface area contributed by atoms with Crippen molar-refractivity contribution in [3.63, 3.8) is 0 Å². The van der Waals surface area contributed by atoms with Gasteiger partial charge in [0.2, 0.25) is 5.88 Å². The molecule has 0 unspecified atom stereocenters. The van der Waals surface area contributed by atoms with E-state index < -0.39 is 19.2 Å². The SMILES string of the molecule is CCOC(=O)c1cnn(CF)c1COc1ccc(C(F)F)cn1. The normalized spacial score (nSPS) is 10.8. The van der Waals surface area contributed by atoms with Gasteiger partial charge in [0.05, 0.1) is 18.5 Å². The number of esters is 1. The predicted molar refractivity (Wildman–Crippen MR) is 72.8 cm³/mol. The van der Waals surface area contributed by atoms with E-state index in [9.17, 15) is 18.0 Å². The van der Waals surface area contributed by atoms with Crippen LogP contribution < -0.4 is 4.74 Å². The molecule has 0 aliphatic heterocycles. The third-order valence-electron chi connectivity index (χ3n) is 2.93. The van der Waals surface area contributed by atoms with Crippen LogP contribution in [0, 0.1) is 0 Å². The Morgan fingerprint density at radius 1 is 1.35 bits per heavy atom. The van der Waals surface area contributed by atoms with Crippen molar-refractivity contribution in [1.82, 2.24) is 14.8 Å². The van der Waals surface area contributed by atoms with Crippen molar-refractivity contribution < 1.29 is 27.4 Å². The highest BCUT2D eigenvalue weighted by molar-refractivity contribution is 5.90. The van der Waals surface area contributed by atoms with Crippen LogP contribution in [0.2, 0.25) is 0 Å². The summed E-state index contributed by atoms with van der Waals surface area (Å²) in [6.07, 6.45) is -0.456. The Morgan fingerprint density at radius 3 is 2.70 bits per heavy atom. The zero-order valence-corrected chi connectivity index (χ0v) is 12.2. The Bertz CT molecular complexity index is 659. The molecule has 2 aromatic rings. The molecule has 0 radical (unpaired) electrons. The molecule has 0 aliphatic rings. The van der Waals surface area contributed by atoms with Crippen molar-refractivity contribution in [2.45, 2.75) is 26.8 Å². The number of halogens is 3. The summed E-state index contributed by atoms with van der Waals surface area (Å²) >= 11 is 0. The zero-order chi connectivity index (χ0) is 16.8. The Labute approximate surface area is 129 Å².